The SMILES string of the molecule is C(=Cc1nn2c(-c3ccccc3)nnc2s1)c1ccccc1. The van der Waals surface area contributed by atoms with Crippen molar-refractivity contribution < 1.29 is 0 Å². The minimum Gasteiger partial charge on any atom is -0.182 e. The number of rotatable bonds is 3. The van der Waals surface area contributed by atoms with Crippen LogP contribution in [0.4, 0.5) is 0 Å². The third-order valence-electron chi connectivity index (χ3n) is 3.26. The molecule has 0 bridgehead atoms. The summed E-state index contributed by atoms with van der Waals surface area (Å²) in [6.45, 7) is 0. The van der Waals surface area contributed by atoms with E-state index >= 15 is 0 Å². The van der Waals surface area contributed by atoms with Crippen LogP contribution in [0.25, 0.3) is 28.5 Å². The van der Waals surface area contributed by atoms with Gasteiger partial charge in [-0.3, -0.25) is 0 Å². The quantitative estimate of drug-likeness (QED) is 0.574. The molecule has 0 saturated carbocycles. The number of nitrogens with zero attached hydrogens (tertiary/aromatic N) is 4. The summed E-state index contributed by atoms with van der Waals surface area (Å²) < 4.78 is 1.80. The van der Waals surface area contributed by atoms with Crippen molar-refractivity contribution in [3.63, 3.8) is 0 Å². The first-order valence-electron chi connectivity index (χ1n) is 6.91. The van der Waals surface area contributed by atoms with E-state index in [9.17, 15) is 0 Å². The first-order chi connectivity index (χ1) is 10.9. The molecule has 22 heavy (non-hydrogen) atoms. The highest BCUT2D eigenvalue weighted by molar-refractivity contribution is 7.17. The Balaban J connectivity index is 1.70. The third-order valence-corrected chi connectivity index (χ3v) is 4.12. The van der Waals surface area contributed by atoms with Crippen LogP contribution in [-0.2, 0) is 0 Å². The number of fused-ring (bicyclic) bond motifs is 1. The Morgan fingerprint density at radius 1 is 0.818 bits per heavy atom. The first-order valence-corrected chi connectivity index (χ1v) is 7.72. The highest BCUT2D eigenvalue weighted by Gasteiger charge is 2.11. The zero-order valence-corrected chi connectivity index (χ0v) is 12.4. The zero-order chi connectivity index (χ0) is 14.8. The van der Waals surface area contributed by atoms with Crippen LogP contribution in [0.2, 0.25) is 0 Å². The lowest BCUT2D eigenvalue weighted by molar-refractivity contribution is 0.960. The molecule has 106 valence electrons. The molecule has 2 heterocycles. The van der Waals surface area contributed by atoms with Gasteiger partial charge in [0.25, 0.3) is 0 Å². The molecule has 0 N–H and O–H groups in total. The lowest BCUT2D eigenvalue weighted by Gasteiger charge is -1.94. The highest BCUT2D eigenvalue weighted by Crippen LogP contribution is 2.22. The number of hydrogen-bond donors (Lipinski definition) is 0. The standard InChI is InChI=1S/C17H12N4S/c1-3-7-13(8-4-1)11-12-15-20-21-16(18-19-17(21)22-15)14-9-5-2-6-10-14/h1-12H. The van der Waals surface area contributed by atoms with Crippen LogP contribution in [0.3, 0.4) is 0 Å². The summed E-state index contributed by atoms with van der Waals surface area (Å²) in [6, 6.07) is 20.1. The Morgan fingerprint density at radius 2 is 1.55 bits per heavy atom. The maximum absolute atomic E-state index is 4.59. The summed E-state index contributed by atoms with van der Waals surface area (Å²) in [5.41, 5.74) is 2.16. The Kier molecular flexibility index (Phi) is 3.25. The molecule has 0 atom stereocenters. The van der Waals surface area contributed by atoms with Crippen LogP contribution < -0.4 is 0 Å². The molecule has 4 rings (SSSR count). The Hall–Kier alpha value is -2.79. The van der Waals surface area contributed by atoms with E-state index < -0.39 is 0 Å². The van der Waals surface area contributed by atoms with Gasteiger partial charge in [-0.15, -0.1) is 10.2 Å². The Labute approximate surface area is 131 Å². The van der Waals surface area contributed by atoms with Gasteiger partial charge in [0, 0.05) is 5.56 Å². The molecule has 0 spiro atoms. The summed E-state index contributed by atoms with van der Waals surface area (Å²) >= 11 is 1.52. The Morgan fingerprint density at radius 3 is 2.32 bits per heavy atom. The predicted octanol–water partition coefficient (Wildman–Crippen LogP) is 4.02. The van der Waals surface area contributed by atoms with Crippen LogP contribution in [-0.4, -0.2) is 19.8 Å². The van der Waals surface area contributed by atoms with Crippen molar-refractivity contribution in [2.24, 2.45) is 0 Å². The molecule has 0 amide bonds. The minimum atomic E-state index is 0.770. The highest BCUT2D eigenvalue weighted by atomic mass is 32.1. The normalized spacial score (nSPS) is 11.5. The van der Waals surface area contributed by atoms with Gasteiger partial charge in [-0.25, -0.2) is 0 Å². The van der Waals surface area contributed by atoms with Crippen LogP contribution in [0.15, 0.2) is 60.7 Å². The van der Waals surface area contributed by atoms with E-state index in [0.717, 1.165) is 26.9 Å². The van der Waals surface area contributed by atoms with Crippen molar-refractivity contribution in [3.05, 3.63) is 71.2 Å². The van der Waals surface area contributed by atoms with E-state index in [1.165, 1.54) is 11.3 Å². The van der Waals surface area contributed by atoms with Crippen molar-refractivity contribution >= 4 is 28.4 Å². The van der Waals surface area contributed by atoms with Gasteiger partial charge in [0.2, 0.25) is 4.96 Å². The van der Waals surface area contributed by atoms with Crippen LogP contribution >= 0.6 is 11.3 Å². The molecule has 5 heteroatoms. The molecule has 0 aliphatic carbocycles. The average Bonchev–Trinajstić information content (AvgIpc) is 3.15. The first kappa shape index (κ1) is 12.9. The summed E-state index contributed by atoms with van der Waals surface area (Å²) in [7, 11) is 0. The molecule has 0 radical (unpaired) electrons. The van der Waals surface area contributed by atoms with E-state index in [1.807, 2.05) is 60.7 Å². The largest absolute Gasteiger partial charge is 0.235 e. The minimum absolute atomic E-state index is 0.770. The predicted molar refractivity (Wildman–Crippen MR) is 89.5 cm³/mol. The van der Waals surface area contributed by atoms with Gasteiger partial charge in [-0.1, -0.05) is 78.1 Å². The van der Waals surface area contributed by atoms with Gasteiger partial charge in [-0.05, 0) is 11.6 Å². The second kappa shape index (κ2) is 5.54. The molecule has 0 saturated heterocycles. The number of hydrogen-bond acceptors (Lipinski definition) is 4. The molecule has 4 nitrogen and oxygen atoms in total. The monoisotopic (exact) mass is 304 g/mol. The average molecular weight is 304 g/mol. The van der Waals surface area contributed by atoms with Crippen LogP contribution in [0.5, 0.6) is 0 Å². The molecule has 4 aromatic rings. The van der Waals surface area contributed by atoms with Crippen molar-refractivity contribution in [1.82, 2.24) is 19.8 Å². The van der Waals surface area contributed by atoms with Gasteiger partial charge < -0.3 is 0 Å². The third kappa shape index (κ3) is 2.42. The van der Waals surface area contributed by atoms with Gasteiger partial charge in [0.1, 0.15) is 5.01 Å². The van der Waals surface area contributed by atoms with Gasteiger partial charge in [0.15, 0.2) is 5.82 Å². The van der Waals surface area contributed by atoms with E-state index in [0.29, 0.717) is 0 Å². The van der Waals surface area contributed by atoms with Crippen LogP contribution in [0, 0.1) is 0 Å². The fourth-order valence-corrected chi connectivity index (χ4v) is 2.94. The maximum Gasteiger partial charge on any atom is 0.235 e. The summed E-state index contributed by atoms with van der Waals surface area (Å²) in [5.74, 6) is 0.770. The van der Waals surface area contributed by atoms with E-state index in [-0.39, 0.29) is 0 Å². The van der Waals surface area contributed by atoms with Crippen molar-refractivity contribution in [2.45, 2.75) is 0 Å². The number of aromatic nitrogens is 4. The lowest BCUT2D eigenvalue weighted by atomic mass is 10.2. The molecular weight excluding hydrogens is 292 g/mol. The van der Waals surface area contributed by atoms with E-state index in [1.54, 1.807) is 4.52 Å². The van der Waals surface area contributed by atoms with E-state index in [2.05, 4.69) is 27.4 Å². The second-order valence-electron chi connectivity index (χ2n) is 4.77. The fraction of sp³-hybridized carbons (Fsp3) is 0. The topological polar surface area (TPSA) is 43.1 Å². The van der Waals surface area contributed by atoms with Crippen molar-refractivity contribution in [3.8, 4) is 11.4 Å². The van der Waals surface area contributed by atoms with E-state index in [4.69, 9.17) is 0 Å². The summed E-state index contributed by atoms with van der Waals surface area (Å²) in [4.78, 5) is 0.798. The number of benzene rings is 2. The molecule has 0 aliphatic rings. The van der Waals surface area contributed by atoms with Crippen LogP contribution in [0.1, 0.15) is 10.6 Å². The Bertz CT molecular complexity index is 923. The molecule has 0 fully saturated rings. The fourth-order valence-electron chi connectivity index (χ4n) is 2.20. The molecule has 2 aromatic carbocycles. The zero-order valence-electron chi connectivity index (χ0n) is 11.6. The van der Waals surface area contributed by atoms with Crippen molar-refractivity contribution in [2.75, 3.05) is 0 Å². The van der Waals surface area contributed by atoms with Gasteiger partial charge >= 0.3 is 0 Å². The summed E-state index contributed by atoms with van der Waals surface area (Å²) in [5, 5.41) is 13.9. The van der Waals surface area contributed by atoms with Crippen molar-refractivity contribution in [1.29, 1.82) is 0 Å². The van der Waals surface area contributed by atoms with Gasteiger partial charge in [0.05, 0.1) is 0 Å². The second-order valence-corrected chi connectivity index (χ2v) is 5.76. The maximum atomic E-state index is 4.59. The molecule has 0 aliphatic heterocycles. The molecule has 2 aromatic heterocycles. The summed E-state index contributed by atoms with van der Waals surface area (Å²) in [6.07, 6.45) is 4.05. The molecule has 0 unspecified atom stereocenters. The smallest absolute Gasteiger partial charge is 0.182 e. The molecular formula is C17H12N4S. The van der Waals surface area contributed by atoms with Gasteiger partial charge in [-0.2, -0.15) is 9.61 Å². The lowest BCUT2D eigenvalue weighted by Crippen LogP contribution is -1.90.